The second-order valence-electron chi connectivity index (χ2n) is 12.9. The molecule has 2 heterocycles. The van der Waals surface area contributed by atoms with E-state index in [2.05, 4.69) is 150 Å². The molecule has 0 amide bonds. The molecule has 0 radical (unpaired) electrons. The lowest BCUT2D eigenvalue weighted by Gasteiger charge is -2.28. The number of fused-ring (bicyclic) bond motifs is 12. The molecule has 0 spiro atoms. The summed E-state index contributed by atoms with van der Waals surface area (Å²) in [5.41, 5.74) is 6.87. The molecule has 3 nitrogen and oxygen atoms in total. The molecule has 0 aliphatic rings. The number of hydrogen-bond donors (Lipinski definition) is 0. The zero-order valence-electron chi connectivity index (χ0n) is 26.4. The second-order valence-corrected chi connectivity index (χ2v) is 12.9. The fraction of sp³-hybridized carbons (Fsp3) is 0. The summed E-state index contributed by atoms with van der Waals surface area (Å²) in [5, 5.41) is 14.1. The summed E-state index contributed by atoms with van der Waals surface area (Å²) >= 11 is 0. The van der Waals surface area contributed by atoms with Crippen LogP contribution in [0.4, 0.5) is 17.1 Å². The van der Waals surface area contributed by atoms with Gasteiger partial charge in [0.25, 0.3) is 0 Å². The van der Waals surface area contributed by atoms with Crippen LogP contribution < -0.4 is 4.90 Å². The molecule has 9 aromatic carbocycles. The van der Waals surface area contributed by atoms with E-state index < -0.39 is 0 Å². The van der Waals surface area contributed by atoms with Gasteiger partial charge in [0, 0.05) is 27.2 Å². The number of anilines is 3. The zero-order chi connectivity index (χ0) is 32.1. The van der Waals surface area contributed by atoms with Gasteiger partial charge in [0.1, 0.15) is 22.3 Å². The maximum Gasteiger partial charge on any atom is 0.137 e. The molecule has 11 aromatic rings. The Hall–Kier alpha value is -6.58. The molecule has 0 N–H and O–H groups in total. The number of nitrogens with zero attached hydrogens (tertiary/aromatic N) is 1. The minimum absolute atomic E-state index is 0.872. The van der Waals surface area contributed by atoms with Crippen molar-refractivity contribution in [2.45, 2.75) is 0 Å². The van der Waals surface area contributed by atoms with Crippen molar-refractivity contribution >= 4 is 104 Å². The molecule has 0 atom stereocenters. The first kappa shape index (κ1) is 26.5. The first-order chi connectivity index (χ1) is 24.3. The third-order valence-corrected chi connectivity index (χ3v) is 10.2. The Morgan fingerprint density at radius 3 is 1.78 bits per heavy atom. The quantitative estimate of drug-likeness (QED) is 0.183. The van der Waals surface area contributed by atoms with E-state index in [1.165, 1.54) is 43.1 Å². The summed E-state index contributed by atoms with van der Waals surface area (Å²) in [5.74, 6) is 0. The van der Waals surface area contributed by atoms with Crippen LogP contribution in [0.15, 0.2) is 173 Å². The molecular weight excluding hydrogens is 599 g/mol. The third-order valence-electron chi connectivity index (χ3n) is 10.2. The van der Waals surface area contributed by atoms with E-state index in [-0.39, 0.29) is 0 Å². The average Bonchev–Trinajstić information content (AvgIpc) is 3.72. The highest BCUT2D eigenvalue weighted by molar-refractivity contribution is 6.20. The smallest absolute Gasteiger partial charge is 0.137 e. The molecule has 2 aromatic heterocycles. The fourth-order valence-electron chi connectivity index (χ4n) is 7.98. The molecule has 0 fully saturated rings. The number of para-hydroxylation sites is 2. The van der Waals surface area contributed by atoms with E-state index in [9.17, 15) is 0 Å². The van der Waals surface area contributed by atoms with Gasteiger partial charge < -0.3 is 13.7 Å². The lowest BCUT2D eigenvalue weighted by molar-refractivity contribution is 0.669. The Kier molecular flexibility index (Phi) is 5.38. The molecule has 0 aliphatic carbocycles. The monoisotopic (exact) mass is 625 g/mol. The van der Waals surface area contributed by atoms with Crippen molar-refractivity contribution in [1.29, 1.82) is 0 Å². The Bertz CT molecular complexity index is 3130. The first-order valence-electron chi connectivity index (χ1n) is 16.7. The molecule has 228 valence electrons. The van der Waals surface area contributed by atoms with Crippen molar-refractivity contribution in [3.8, 4) is 0 Å². The van der Waals surface area contributed by atoms with Crippen molar-refractivity contribution in [3.05, 3.63) is 164 Å². The summed E-state index contributed by atoms with van der Waals surface area (Å²) in [6.45, 7) is 0. The van der Waals surface area contributed by atoms with Crippen molar-refractivity contribution in [1.82, 2.24) is 0 Å². The number of furan rings is 2. The Morgan fingerprint density at radius 1 is 0.306 bits per heavy atom. The van der Waals surface area contributed by atoms with Crippen LogP contribution in [0.2, 0.25) is 0 Å². The number of benzene rings is 9. The van der Waals surface area contributed by atoms with Gasteiger partial charge >= 0.3 is 0 Å². The molecule has 49 heavy (non-hydrogen) atoms. The van der Waals surface area contributed by atoms with E-state index >= 15 is 0 Å². The van der Waals surface area contributed by atoms with E-state index in [1.807, 2.05) is 18.2 Å². The Balaban J connectivity index is 1.22. The second kappa shape index (κ2) is 9.96. The lowest BCUT2D eigenvalue weighted by Crippen LogP contribution is -2.11. The van der Waals surface area contributed by atoms with Gasteiger partial charge in [-0.05, 0) is 92.3 Å². The summed E-state index contributed by atoms with van der Waals surface area (Å²) < 4.78 is 12.6. The summed E-state index contributed by atoms with van der Waals surface area (Å²) in [4.78, 5) is 2.43. The van der Waals surface area contributed by atoms with Crippen LogP contribution in [0.25, 0.3) is 87.0 Å². The number of rotatable bonds is 3. The Labute approximate surface area is 280 Å². The molecule has 3 heteroatoms. The SMILES string of the molecule is c1ccc2c(c1)cc(N(c1ccc3c(ccc4cc5oc6ccccc6c5cc43)c1)c1cccc3oc4ccccc4c13)c1ccccc12. The lowest BCUT2D eigenvalue weighted by atomic mass is 9.97. The molecule has 0 unspecified atom stereocenters. The van der Waals surface area contributed by atoms with Gasteiger partial charge in [-0.2, -0.15) is 0 Å². The maximum atomic E-state index is 6.42. The minimum atomic E-state index is 0.872. The van der Waals surface area contributed by atoms with Gasteiger partial charge in [0.05, 0.1) is 16.8 Å². The van der Waals surface area contributed by atoms with Crippen LogP contribution in [0.1, 0.15) is 0 Å². The predicted molar refractivity (Wildman–Crippen MR) is 206 cm³/mol. The van der Waals surface area contributed by atoms with Crippen LogP contribution in [-0.2, 0) is 0 Å². The fourth-order valence-corrected chi connectivity index (χ4v) is 7.98. The highest BCUT2D eigenvalue weighted by atomic mass is 16.3. The molecule has 0 saturated heterocycles. The van der Waals surface area contributed by atoms with Gasteiger partial charge in [0.15, 0.2) is 0 Å². The maximum absolute atomic E-state index is 6.42. The van der Waals surface area contributed by atoms with Gasteiger partial charge in [-0.25, -0.2) is 0 Å². The normalized spacial score (nSPS) is 12.1. The minimum Gasteiger partial charge on any atom is -0.456 e. The van der Waals surface area contributed by atoms with Gasteiger partial charge in [-0.3, -0.25) is 0 Å². The van der Waals surface area contributed by atoms with Crippen LogP contribution >= 0.6 is 0 Å². The summed E-state index contributed by atoms with van der Waals surface area (Å²) in [7, 11) is 0. The van der Waals surface area contributed by atoms with Crippen molar-refractivity contribution < 1.29 is 8.83 Å². The molecule has 0 saturated carbocycles. The molecule has 11 rings (SSSR count). The van der Waals surface area contributed by atoms with Gasteiger partial charge in [0.2, 0.25) is 0 Å². The van der Waals surface area contributed by atoms with Crippen molar-refractivity contribution in [3.63, 3.8) is 0 Å². The third kappa shape index (κ3) is 3.84. The van der Waals surface area contributed by atoms with Crippen LogP contribution in [-0.4, -0.2) is 0 Å². The van der Waals surface area contributed by atoms with Crippen LogP contribution in [0, 0.1) is 0 Å². The van der Waals surface area contributed by atoms with Crippen molar-refractivity contribution in [2.24, 2.45) is 0 Å². The average molecular weight is 626 g/mol. The van der Waals surface area contributed by atoms with E-state index in [4.69, 9.17) is 8.83 Å². The first-order valence-corrected chi connectivity index (χ1v) is 16.7. The number of hydrogen-bond acceptors (Lipinski definition) is 3. The van der Waals surface area contributed by atoms with Gasteiger partial charge in [-0.15, -0.1) is 0 Å². The summed E-state index contributed by atoms with van der Waals surface area (Å²) in [6.07, 6.45) is 0. The van der Waals surface area contributed by atoms with Crippen molar-refractivity contribution in [2.75, 3.05) is 4.90 Å². The molecule has 0 bridgehead atoms. The Morgan fingerprint density at radius 2 is 0.918 bits per heavy atom. The van der Waals surface area contributed by atoms with E-state index in [0.717, 1.165) is 60.9 Å². The topological polar surface area (TPSA) is 29.5 Å². The highest BCUT2D eigenvalue weighted by Crippen LogP contribution is 2.47. The highest BCUT2D eigenvalue weighted by Gasteiger charge is 2.22. The van der Waals surface area contributed by atoms with Crippen LogP contribution in [0.3, 0.4) is 0 Å². The van der Waals surface area contributed by atoms with E-state index in [1.54, 1.807) is 0 Å². The standard InChI is InChI=1S/C46H27NO2/c1-2-11-32-28(10-1)25-41(35-13-4-3-12-34(32)35)47(40-16-9-19-44-46(40)37-15-6-8-18-43(37)48-44)31-22-23-33-29(24-31)20-21-30-26-45-39(27-38(30)33)36-14-5-7-17-42(36)49-45/h1-27H. The predicted octanol–water partition coefficient (Wildman–Crippen LogP) is 13.6. The van der Waals surface area contributed by atoms with Crippen LogP contribution in [0.5, 0.6) is 0 Å². The molecule has 0 aliphatic heterocycles. The molecular formula is C46H27NO2. The van der Waals surface area contributed by atoms with E-state index in [0.29, 0.717) is 0 Å². The van der Waals surface area contributed by atoms with Gasteiger partial charge in [-0.1, -0.05) is 109 Å². The zero-order valence-corrected chi connectivity index (χ0v) is 26.4. The summed E-state index contributed by atoms with van der Waals surface area (Å²) in [6, 6.07) is 58.6. The largest absolute Gasteiger partial charge is 0.456 e.